The molecule has 1 aromatic rings. The lowest BCUT2D eigenvalue weighted by atomic mass is 10.2. The van der Waals surface area contributed by atoms with Crippen LogP contribution < -0.4 is 5.32 Å². The Bertz CT molecular complexity index is 333. The third kappa shape index (κ3) is 3.88. The minimum Gasteiger partial charge on any atom is -0.309 e. The number of nitrogens with zero attached hydrogens (tertiary/aromatic N) is 2. The van der Waals surface area contributed by atoms with Crippen LogP contribution in [0.2, 0.25) is 0 Å². The van der Waals surface area contributed by atoms with Crippen LogP contribution in [0.3, 0.4) is 0 Å². The Hall–Kier alpha value is -1.09. The molecule has 1 aromatic heterocycles. The zero-order valence-corrected chi connectivity index (χ0v) is 10.2. The second-order valence-electron chi connectivity index (χ2n) is 4.04. The van der Waals surface area contributed by atoms with Crippen molar-refractivity contribution < 1.29 is 0 Å². The number of hydrogen-bond donors (Lipinski definition) is 1. The third-order valence-electron chi connectivity index (χ3n) is 2.30. The van der Waals surface area contributed by atoms with Crippen molar-refractivity contribution in [2.45, 2.75) is 33.7 Å². The maximum absolute atomic E-state index is 4.40. The summed E-state index contributed by atoms with van der Waals surface area (Å²) in [5.74, 6) is 0. The molecule has 0 bridgehead atoms. The standard InChI is InChI=1S/C12H21N3/c1-5-12-11(9-15(4)14-12)8-13-7-6-10(2)3/h6,9,13H,5,7-8H2,1-4H3. The molecule has 1 rings (SSSR count). The first-order valence-electron chi connectivity index (χ1n) is 5.49. The van der Waals surface area contributed by atoms with E-state index in [1.165, 1.54) is 16.8 Å². The quantitative estimate of drug-likeness (QED) is 0.591. The van der Waals surface area contributed by atoms with Crippen LogP contribution in [0.4, 0.5) is 0 Å². The SMILES string of the molecule is CCc1nn(C)cc1CNCC=C(C)C. The van der Waals surface area contributed by atoms with E-state index in [1.54, 1.807) is 0 Å². The molecule has 0 fully saturated rings. The zero-order valence-electron chi connectivity index (χ0n) is 10.2. The summed E-state index contributed by atoms with van der Waals surface area (Å²) in [6, 6.07) is 0. The highest BCUT2D eigenvalue weighted by molar-refractivity contribution is 5.16. The topological polar surface area (TPSA) is 29.9 Å². The van der Waals surface area contributed by atoms with Gasteiger partial charge in [-0.25, -0.2) is 0 Å². The molecule has 0 aromatic carbocycles. The Kier molecular flexibility index (Phi) is 4.56. The first-order valence-corrected chi connectivity index (χ1v) is 5.49. The smallest absolute Gasteiger partial charge is 0.0666 e. The minimum absolute atomic E-state index is 0.904. The first kappa shape index (κ1) is 12.0. The predicted molar refractivity (Wildman–Crippen MR) is 63.7 cm³/mol. The van der Waals surface area contributed by atoms with Gasteiger partial charge in [0, 0.05) is 31.9 Å². The summed E-state index contributed by atoms with van der Waals surface area (Å²) in [6.07, 6.45) is 5.29. The average Bonchev–Trinajstić information content (AvgIpc) is 2.53. The van der Waals surface area contributed by atoms with Crippen molar-refractivity contribution in [3.8, 4) is 0 Å². The lowest BCUT2D eigenvalue weighted by Crippen LogP contribution is -2.13. The van der Waals surface area contributed by atoms with E-state index in [-0.39, 0.29) is 0 Å². The molecule has 1 heterocycles. The molecule has 0 aliphatic carbocycles. The molecule has 0 saturated heterocycles. The molecule has 0 radical (unpaired) electrons. The van der Waals surface area contributed by atoms with E-state index in [2.05, 4.69) is 43.5 Å². The van der Waals surface area contributed by atoms with Crippen molar-refractivity contribution in [3.05, 3.63) is 29.1 Å². The lowest BCUT2D eigenvalue weighted by molar-refractivity contribution is 0.746. The van der Waals surface area contributed by atoms with Gasteiger partial charge in [-0.15, -0.1) is 0 Å². The summed E-state index contributed by atoms with van der Waals surface area (Å²) in [5.41, 5.74) is 3.86. The van der Waals surface area contributed by atoms with Crippen molar-refractivity contribution in [3.63, 3.8) is 0 Å². The van der Waals surface area contributed by atoms with Crippen LogP contribution in [0, 0.1) is 0 Å². The summed E-state index contributed by atoms with van der Waals surface area (Å²) in [6.45, 7) is 8.20. The normalized spacial score (nSPS) is 10.4. The van der Waals surface area contributed by atoms with Gasteiger partial charge < -0.3 is 5.32 Å². The van der Waals surface area contributed by atoms with Crippen molar-refractivity contribution >= 4 is 0 Å². The molecule has 15 heavy (non-hydrogen) atoms. The lowest BCUT2D eigenvalue weighted by Gasteiger charge is -2.01. The molecular weight excluding hydrogens is 186 g/mol. The van der Waals surface area contributed by atoms with Gasteiger partial charge >= 0.3 is 0 Å². The summed E-state index contributed by atoms with van der Waals surface area (Å²) in [4.78, 5) is 0. The van der Waals surface area contributed by atoms with E-state index in [0.29, 0.717) is 0 Å². The molecule has 0 unspecified atom stereocenters. The van der Waals surface area contributed by atoms with E-state index >= 15 is 0 Å². The van der Waals surface area contributed by atoms with Crippen molar-refractivity contribution in [1.29, 1.82) is 0 Å². The van der Waals surface area contributed by atoms with E-state index in [1.807, 2.05) is 11.7 Å². The fourth-order valence-electron chi connectivity index (χ4n) is 1.51. The maximum Gasteiger partial charge on any atom is 0.0666 e. The van der Waals surface area contributed by atoms with Crippen LogP contribution in [-0.2, 0) is 20.0 Å². The molecule has 0 aliphatic rings. The third-order valence-corrected chi connectivity index (χ3v) is 2.30. The second-order valence-corrected chi connectivity index (χ2v) is 4.04. The summed E-state index contributed by atoms with van der Waals surface area (Å²) < 4.78 is 1.89. The summed E-state index contributed by atoms with van der Waals surface area (Å²) in [7, 11) is 1.97. The fourth-order valence-corrected chi connectivity index (χ4v) is 1.51. The highest BCUT2D eigenvalue weighted by atomic mass is 15.3. The monoisotopic (exact) mass is 207 g/mol. The first-order chi connectivity index (χ1) is 7.13. The molecule has 84 valence electrons. The molecule has 0 atom stereocenters. The number of hydrogen-bond acceptors (Lipinski definition) is 2. The highest BCUT2D eigenvalue weighted by Crippen LogP contribution is 2.06. The number of nitrogens with one attached hydrogen (secondary N) is 1. The van der Waals surface area contributed by atoms with Gasteiger partial charge in [0.1, 0.15) is 0 Å². The largest absolute Gasteiger partial charge is 0.309 e. The molecule has 3 heteroatoms. The van der Waals surface area contributed by atoms with E-state index < -0.39 is 0 Å². The zero-order chi connectivity index (χ0) is 11.3. The maximum atomic E-state index is 4.40. The molecule has 0 aliphatic heterocycles. The average molecular weight is 207 g/mol. The van der Waals surface area contributed by atoms with E-state index in [4.69, 9.17) is 0 Å². The van der Waals surface area contributed by atoms with Crippen LogP contribution in [-0.4, -0.2) is 16.3 Å². The molecule has 0 amide bonds. The number of allylic oxidation sites excluding steroid dienone is 1. The van der Waals surface area contributed by atoms with Crippen LogP contribution in [0.5, 0.6) is 0 Å². The van der Waals surface area contributed by atoms with Crippen molar-refractivity contribution in [2.24, 2.45) is 7.05 Å². The molecule has 3 nitrogen and oxygen atoms in total. The van der Waals surface area contributed by atoms with Gasteiger partial charge in [0.15, 0.2) is 0 Å². The number of aryl methyl sites for hydroxylation is 2. The Morgan fingerprint density at radius 1 is 1.53 bits per heavy atom. The predicted octanol–water partition coefficient (Wildman–Crippen LogP) is 2.04. The Balaban J connectivity index is 2.46. The van der Waals surface area contributed by atoms with Crippen LogP contribution in [0.15, 0.2) is 17.8 Å². The van der Waals surface area contributed by atoms with Gasteiger partial charge in [-0.3, -0.25) is 4.68 Å². The highest BCUT2D eigenvalue weighted by Gasteiger charge is 2.03. The number of rotatable bonds is 5. The Morgan fingerprint density at radius 3 is 2.87 bits per heavy atom. The van der Waals surface area contributed by atoms with E-state index in [9.17, 15) is 0 Å². The van der Waals surface area contributed by atoms with Gasteiger partial charge in [0.25, 0.3) is 0 Å². The minimum atomic E-state index is 0.904. The molecule has 0 saturated carbocycles. The van der Waals surface area contributed by atoms with Gasteiger partial charge in [-0.1, -0.05) is 18.6 Å². The Labute approximate surface area is 92.2 Å². The molecule has 1 N–H and O–H groups in total. The van der Waals surface area contributed by atoms with Crippen LogP contribution >= 0.6 is 0 Å². The van der Waals surface area contributed by atoms with Gasteiger partial charge in [0.05, 0.1) is 5.69 Å². The number of aromatic nitrogens is 2. The van der Waals surface area contributed by atoms with Gasteiger partial charge in [0.2, 0.25) is 0 Å². The summed E-state index contributed by atoms with van der Waals surface area (Å²) in [5, 5.41) is 7.80. The van der Waals surface area contributed by atoms with Crippen molar-refractivity contribution in [2.75, 3.05) is 6.54 Å². The fraction of sp³-hybridized carbons (Fsp3) is 0.583. The molecule has 0 spiro atoms. The van der Waals surface area contributed by atoms with Gasteiger partial charge in [-0.2, -0.15) is 5.10 Å². The van der Waals surface area contributed by atoms with E-state index in [0.717, 1.165) is 19.5 Å². The second kappa shape index (κ2) is 5.71. The Morgan fingerprint density at radius 2 is 2.27 bits per heavy atom. The van der Waals surface area contributed by atoms with Crippen LogP contribution in [0.1, 0.15) is 32.0 Å². The molecular formula is C12H21N3. The van der Waals surface area contributed by atoms with Crippen LogP contribution in [0.25, 0.3) is 0 Å². The summed E-state index contributed by atoms with van der Waals surface area (Å²) >= 11 is 0. The van der Waals surface area contributed by atoms with Crippen molar-refractivity contribution in [1.82, 2.24) is 15.1 Å². The van der Waals surface area contributed by atoms with Gasteiger partial charge in [-0.05, 0) is 20.3 Å².